The van der Waals surface area contributed by atoms with E-state index in [9.17, 15) is 4.79 Å². The lowest BCUT2D eigenvalue weighted by atomic mass is 10.2. The summed E-state index contributed by atoms with van der Waals surface area (Å²) in [7, 11) is 0. The van der Waals surface area contributed by atoms with Crippen LogP contribution < -0.4 is 4.90 Å². The Morgan fingerprint density at radius 1 is 1.40 bits per heavy atom. The molecular formula is C17H22ClN4O3+. The Morgan fingerprint density at radius 2 is 2.16 bits per heavy atom. The molecule has 1 atom stereocenters. The van der Waals surface area contributed by atoms with Crippen molar-refractivity contribution in [1.82, 2.24) is 15.1 Å². The molecule has 0 bridgehead atoms. The SMILES string of the molecule is CCOC(=O)N1CC[NH+]([C@H](C)c2nnc(-c3cccc(Cl)c3)o2)CC1. The third-order valence-electron chi connectivity index (χ3n) is 4.43. The number of nitrogens with zero attached hydrogens (tertiary/aromatic N) is 3. The van der Waals surface area contributed by atoms with Gasteiger partial charge in [-0.25, -0.2) is 4.79 Å². The van der Waals surface area contributed by atoms with E-state index in [1.807, 2.05) is 19.1 Å². The third kappa shape index (κ3) is 4.11. The quantitative estimate of drug-likeness (QED) is 0.894. The van der Waals surface area contributed by atoms with Crippen molar-refractivity contribution in [2.45, 2.75) is 19.9 Å². The van der Waals surface area contributed by atoms with Crippen molar-refractivity contribution in [2.75, 3.05) is 32.8 Å². The Hall–Kier alpha value is -2.12. The summed E-state index contributed by atoms with van der Waals surface area (Å²) in [5.41, 5.74) is 0.806. The molecule has 1 saturated heterocycles. The number of benzene rings is 1. The number of hydrogen-bond acceptors (Lipinski definition) is 5. The molecule has 1 aliphatic rings. The van der Waals surface area contributed by atoms with E-state index < -0.39 is 0 Å². The van der Waals surface area contributed by atoms with Crippen LogP contribution in [0.5, 0.6) is 0 Å². The fourth-order valence-corrected chi connectivity index (χ4v) is 3.14. The average Bonchev–Trinajstić information content (AvgIpc) is 3.11. The van der Waals surface area contributed by atoms with Crippen molar-refractivity contribution >= 4 is 17.7 Å². The average molecular weight is 366 g/mol. The molecule has 8 heteroatoms. The first kappa shape index (κ1) is 17.7. The van der Waals surface area contributed by atoms with Gasteiger partial charge in [0.25, 0.3) is 5.89 Å². The topological polar surface area (TPSA) is 72.9 Å². The van der Waals surface area contributed by atoms with Gasteiger partial charge in [-0.15, -0.1) is 10.2 Å². The maximum Gasteiger partial charge on any atom is 0.410 e. The minimum Gasteiger partial charge on any atom is -0.450 e. The van der Waals surface area contributed by atoms with Gasteiger partial charge in [-0.05, 0) is 32.0 Å². The minimum absolute atomic E-state index is 0.0600. The zero-order valence-corrected chi connectivity index (χ0v) is 15.1. The molecule has 0 saturated carbocycles. The molecule has 2 aromatic rings. The van der Waals surface area contributed by atoms with Crippen LogP contribution in [0.2, 0.25) is 5.02 Å². The van der Waals surface area contributed by atoms with Crippen LogP contribution in [-0.4, -0.2) is 54.0 Å². The number of halogens is 1. The molecule has 1 N–H and O–H groups in total. The van der Waals surface area contributed by atoms with E-state index in [-0.39, 0.29) is 12.1 Å². The predicted molar refractivity (Wildman–Crippen MR) is 92.5 cm³/mol. The summed E-state index contributed by atoms with van der Waals surface area (Å²) in [6, 6.07) is 7.40. The van der Waals surface area contributed by atoms with Crippen LogP contribution in [0.4, 0.5) is 4.79 Å². The number of ether oxygens (including phenoxy) is 1. The van der Waals surface area contributed by atoms with Crippen LogP contribution in [0.15, 0.2) is 28.7 Å². The van der Waals surface area contributed by atoms with Gasteiger partial charge in [-0.3, -0.25) is 4.90 Å². The summed E-state index contributed by atoms with van der Waals surface area (Å²) < 4.78 is 10.9. The highest BCUT2D eigenvalue weighted by molar-refractivity contribution is 6.30. The summed E-state index contributed by atoms with van der Waals surface area (Å²) in [4.78, 5) is 14.8. The number of hydrogen-bond donors (Lipinski definition) is 1. The van der Waals surface area contributed by atoms with E-state index >= 15 is 0 Å². The highest BCUT2D eigenvalue weighted by Crippen LogP contribution is 2.22. The Labute approximate surface area is 151 Å². The van der Waals surface area contributed by atoms with Gasteiger partial charge in [0.05, 0.1) is 32.8 Å². The van der Waals surface area contributed by atoms with Crippen molar-refractivity contribution in [3.63, 3.8) is 0 Å². The molecule has 25 heavy (non-hydrogen) atoms. The molecule has 1 aromatic carbocycles. The molecule has 1 amide bonds. The number of aromatic nitrogens is 2. The monoisotopic (exact) mass is 365 g/mol. The predicted octanol–water partition coefficient (Wildman–Crippen LogP) is 1.81. The van der Waals surface area contributed by atoms with Gasteiger partial charge >= 0.3 is 6.09 Å². The number of nitrogens with one attached hydrogen (secondary N) is 1. The molecule has 0 unspecified atom stereocenters. The molecular weight excluding hydrogens is 344 g/mol. The zero-order valence-electron chi connectivity index (χ0n) is 14.4. The Kier molecular flexibility index (Phi) is 5.55. The fraction of sp³-hybridized carbons (Fsp3) is 0.471. The lowest BCUT2D eigenvalue weighted by Gasteiger charge is -2.33. The largest absolute Gasteiger partial charge is 0.450 e. The molecule has 1 aromatic heterocycles. The number of piperazine rings is 1. The smallest absolute Gasteiger partial charge is 0.410 e. The van der Waals surface area contributed by atoms with Crippen molar-refractivity contribution < 1.29 is 18.8 Å². The molecule has 0 aliphatic carbocycles. The Morgan fingerprint density at radius 3 is 2.84 bits per heavy atom. The number of rotatable bonds is 4. The lowest BCUT2D eigenvalue weighted by molar-refractivity contribution is -0.934. The normalized spacial score (nSPS) is 16.7. The first-order valence-corrected chi connectivity index (χ1v) is 8.82. The molecule has 0 spiro atoms. The van der Waals surface area contributed by atoms with E-state index in [4.69, 9.17) is 20.8 Å². The molecule has 2 heterocycles. The summed E-state index contributed by atoms with van der Waals surface area (Å²) in [5, 5.41) is 8.96. The Balaban J connectivity index is 1.63. The van der Waals surface area contributed by atoms with E-state index in [1.165, 1.54) is 4.90 Å². The van der Waals surface area contributed by atoms with E-state index in [0.717, 1.165) is 18.7 Å². The van der Waals surface area contributed by atoms with Gasteiger partial charge in [0, 0.05) is 10.6 Å². The second-order valence-corrected chi connectivity index (χ2v) is 6.46. The van der Waals surface area contributed by atoms with Crippen LogP contribution in [0, 0.1) is 0 Å². The first-order valence-electron chi connectivity index (χ1n) is 8.44. The van der Waals surface area contributed by atoms with Crippen molar-refractivity contribution in [2.24, 2.45) is 0 Å². The van der Waals surface area contributed by atoms with Crippen molar-refractivity contribution in [3.8, 4) is 11.5 Å². The number of carbonyl (C=O) groups is 1. The lowest BCUT2D eigenvalue weighted by Crippen LogP contribution is -3.14. The summed E-state index contributed by atoms with van der Waals surface area (Å²) in [6.45, 7) is 7.22. The van der Waals surface area contributed by atoms with Crippen LogP contribution in [0.25, 0.3) is 11.5 Å². The highest BCUT2D eigenvalue weighted by Gasteiger charge is 2.31. The van der Waals surface area contributed by atoms with Crippen molar-refractivity contribution in [3.05, 3.63) is 35.2 Å². The second kappa shape index (κ2) is 7.84. The standard InChI is InChI=1S/C17H21ClN4O3/c1-3-24-17(23)22-9-7-21(8-10-22)12(2)15-19-20-16(25-15)13-5-4-6-14(18)11-13/h4-6,11-12H,3,7-10H2,1-2H3/p+1/t12-/m1/s1. The van der Waals surface area contributed by atoms with Crippen LogP contribution in [0.1, 0.15) is 25.8 Å². The maximum atomic E-state index is 11.8. The van der Waals surface area contributed by atoms with Gasteiger partial charge in [-0.2, -0.15) is 0 Å². The van der Waals surface area contributed by atoms with Gasteiger partial charge in [0.15, 0.2) is 6.04 Å². The first-order chi connectivity index (χ1) is 12.1. The molecule has 7 nitrogen and oxygen atoms in total. The van der Waals surface area contributed by atoms with Gasteiger partial charge < -0.3 is 14.1 Å². The summed E-state index contributed by atoms with van der Waals surface area (Å²) >= 11 is 6.01. The Bertz CT molecular complexity index is 728. The summed E-state index contributed by atoms with van der Waals surface area (Å²) in [5.74, 6) is 1.06. The van der Waals surface area contributed by atoms with Crippen LogP contribution in [0.3, 0.4) is 0 Å². The zero-order chi connectivity index (χ0) is 17.8. The fourth-order valence-electron chi connectivity index (χ4n) is 2.95. The van der Waals surface area contributed by atoms with Crippen LogP contribution in [-0.2, 0) is 4.74 Å². The number of quaternary nitrogens is 1. The molecule has 1 aliphatic heterocycles. The number of amides is 1. The highest BCUT2D eigenvalue weighted by atomic mass is 35.5. The number of carbonyl (C=O) groups excluding carboxylic acids is 1. The second-order valence-electron chi connectivity index (χ2n) is 6.02. The van der Waals surface area contributed by atoms with E-state index in [2.05, 4.69) is 17.1 Å². The van der Waals surface area contributed by atoms with Gasteiger partial charge in [0.2, 0.25) is 5.89 Å². The molecule has 134 valence electrons. The maximum absolute atomic E-state index is 11.8. The molecule has 3 rings (SSSR count). The van der Waals surface area contributed by atoms with Crippen molar-refractivity contribution in [1.29, 1.82) is 0 Å². The minimum atomic E-state index is -0.241. The molecule has 0 radical (unpaired) electrons. The van der Waals surface area contributed by atoms with E-state index in [1.54, 1.807) is 17.0 Å². The molecule has 1 fully saturated rings. The third-order valence-corrected chi connectivity index (χ3v) is 4.66. The summed E-state index contributed by atoms with van der Waals surface area (Å²) in [6.07, 6.45) is -0.241. The van der Waals surface area contributed by atoms with Gasteiger partial charge in [0.1, 0.15) is 0 Å². The van der Waals surface area contributed by atoms with Gasteiger partial charge in [-0.1, -0.05) is 17.7 Å². The van der Waals surface area contributed by atoms with Crippen LogP contribution >= 0.6 is 11.6 Å². The van der Waals surface area contributed by atoms with E-state index in [0.29, 0.717) is 36.5 Å².